The molecule has 0 fully saturated rings. The van der Waals surface area contributed by atoms with Crippen molar-refractivity contribution in [3.8, 4) is 45.6 Å². The summed E-state index contributed by atoms with van der Waals surface area (Å²) in [6, 6.07) is 37.2. The van der Waals surface area contributed by atoms with Gasteiger partial charge in [0.25, 0.3) is 0 Å². The van der Waals surface area contributed by atoms with Crippen LogP contribution in [0, 0.1) is 0 Å². The molecule has 0 unspecified atom stereocenters. The molecule has 0 spiro atoms. The molecule has 7 aromatic rings. The van der Waals surface area contributed by atoms with Crippen molar-refractivity contribution in [1.29, 1.82) is 0 Å². The molecule has 0 atom stereocenters. The highest BCUT2D eigenvalue weighted by molar-refractivity contribution is 6.08. The fourth-order valence-corrected chi connectivity index (χ4v) is 6.17. The van der Waals surface area contributed by atoms with Gasteiger partial charge in [-0.15, -0.1) is 0 Å². The number of aromatic nitrogens is 5. The van der Waals surface area contributed by atoms with Crippen LogP contribution in [0.15, 0.2) is 115 Å². The number of imidazole rings is 1. The first-order valence-electron chi connectivity index (χ1n) is 14.3. The third-order valence-electron chi connectivity index (χ3n) is 8.14. The van der Waals surface area contributed by atoms with Crippen molar-refractivity contribution in [3.63, 3.8) is 0 Å². The molecule has 2 aromatic heterocycles. The normalized spacial score (nSPS) is 12.6. The Balaban J connectivity index is 1.52. The topological polar surface area (TPSA) is 56.5 Å². The third-order valence-corrected chi connectivity index (χ3v) is 8.14. The Labute approximate surface area is 243 Å². The second-order valence-electron chi connectivity index (χ2n) is 10.7. The summed E-state index contributed by atoms with van der Waals surface area (Å²) in [6.45, 7) is 0. The standard InChI is InChI=1S/C37H27N5/c1-42-31-23-13-12-22-30(31)38-37(42)33-29-21-11-9-19-27(29)26-18-8-10-20-28(26)32(33)36-40-34(24-14-4-2-5-15-24)39-35(41-36)25-16-6-3-7-17-25/h2-10,12-20,22-23H,11,21H2,1H3. The number of hydrogen-bond acceptors (Lipinski definition) is 4. The van der Waals surface area contributed by atoms with Gasteiger partial charge in [-0.1, -0.05) is 109 Å². The maximum atomic E-state index is 5.21. The van der Waals surface area contributed by atoms with Gasteiger partial charge in [0.2, 0.25) is 0 Å². The molecule has 0 saturated heterocycles. The number of allylic oxidation sites excluding steroid dienone is 1. The molecule has 5 heteroatoms. The van der Waals surface area contributed by atoms with Crippen LogP contribution in [-0.4, -0.2) is 24.5 Å². The third kappa shape index (κ3) is 3.93. The fourth-order valence-electron chi connectivity index (χ4n) is 6.17. The summed E-state index contributed by atoms with van der Waals surface area (Å²) >= 11 is 0. The fraction of sp³-hybridized carbons (Fsp3) is 0.0811. The first kappa shape index (κ1) is 24.4. The number of fused-ring (bicyclic) bond motifs is 4. The van der Waals surface area contributed by atoms with Gasteiger partial charge >= 0.3 is 0 Å². The van der Waals surface area contributed by atoms with Crippen molar-refractivity contribution in [1.82, 2.24) is 24.5 Å². The number of rotatable bonds is 4. The van der Waals surface area contributed by atoms with E-state index in [9.17, 15) is 0 Å². The molecule has 1 aliphatic carbocycles. The van der Waals surface area contributed by atoms with Crippen molar-refractivity contribution in [2.75, 3.05) is 0 Å². The average molecular weight is 542 g/mol. The molecule has 0 amide bonds. The lowest BCUT2D eigenvalue weighted by atomic mass is 9.84. The Hall–Kier alpha value is -5.42. The van der Waals surface area contributed by atoms with Crippen molar-refractivity contribution in [2.24, 2.45) is 7.05 Å². The van der Waals surface area contributed by atoms with Gasteiger partial charge < -0.3 is 4.57 Å². The predicted molar refractivity (Wildman–Crippen MR) is 171 cm³/mol. The second-order valence-corrected chi connectivity index (χ2v) is 10.7. The zero-order valence-corrected chi connectivity index (χ0v) is 23.2. The lowest BCUT2D eigenvalue weighted by Gasteiger charge is -2.23. The monoisotopic (exact) mass is 541 g/mol. The van der Waals surface area contributed by atoms with Gasteiger partial charge in [-0.3, -0.25) is 0 Å². The van der Waals surface area contributed by atoms with E-state index in [0.717, 1.165) is 57.3 Å². The molecule has 1 aliphatic rings. The molecule has 5 nitrogen and oxygen atoms in total. The second kappa shape index (κ2) is 9.89. The van der Waals surface area contributed by atoms with Crippen LogP contribution in [0.5, 0.6) is 0 Å². The minimum absolute atomic E-state index is 0.650. The summed E-state index contributed by atoms with van der Waals surface area (Å²) in [5.74, 6) is 2.87. The molecule has 5 aromatic carbocycles. The minimum Gasteiger partial charge on any atom is -0.327 e. The largest absolute Gasteiger partial charge is 0.327 e. The van der Waals surface area contributed by atoms with Crippen LogP contribution < -0.4 is 0 Å². The molecule has 0 saturated carbocycles. The van der Waals surface area contributed by atoms with Crippen LogP contribution in [0.25, 0.3) is 73.4 Å². The van der Waals surface area contributed by atoms with E-state index in [1.807, 2.05) is 42.5 Å². The number of nitrogens with zero attached hydrogens (tertiary/aromatic N) is 5. The highest BCUT2D eigenvalue weighted by Crippen LogP contribution is 2.45. The van der Waals surface area contributed by atoms with E-state index in [2.05, 4.69) is 90.5 Å². The van der Waals surface area contributed by atoms with Crippen molar-refractivity contribution in [2.45, 2.75) is 12.8 Å². The number of para-hydroxylation sites is 2. The van der Waals surface area contributed by atoms with Crippen molar-refractivity contribution in [3.05, 3.63) is 126 Å². The van der Waals surface area contributed by atoms with E-state index in [0.29, 0.717) is 17.5 Å². The molecular weight excluding hydrogens is 514 g/mol. The highest BCUT2D eigenvalue weighted by Gasteiger charge is 2.27. The van der Waals surface area contributed by atoms with E-state index in [1.165, 1.54) is 16.5 Å². The summed E-state index contributed by atoms with van der Waals surface area (Å²) < 4.78 is 2.21. The number of hydrogen-bond donors (Lipinski definition) is 0. The Morgan fingerprint density at radius 3 is 1.86 bits per heavy atom. The van der Waals surface area contributed by atoms with E-state index in [4.69, 9.17) is 19.9 Å². The highest BCUT2D eigenvalue weighted by atomic mass is 15.1. The van der Waals surface area contributed by atoms with Gasteiger partial charge in [-0.2, -0.15) is 0 Å². The maximum absolute atomic E-state index is 5.21. The van der Waals surface area contributed by atoms with Crippen LogP contribution >= 0.6 is 0 Å². The maximum Gasteiger partial charge on any atom is 0.165 e. The van der Waals surface area contributed by atoms with E-state index in [-0.39, 0.29) is 0 Å². The van der Waals surface area contributed by atoms with Crippen LogP contribution in [0.4, 0.5) is 0 Å². The molecule has 200 valence electrons. The molecule has 2 heterocycles. The Morgan fingerprint density at radius 1 is 0.571 bits per heavy atom. The van der Waals surface area contributed by atoms with Crippen LogP contribution in [-0.2, 0) is 13.5 Å². The van der Waals surface area contributed by atoms with Gasteiger partial charge in [0.05, 0.1) is 11.0 Å². The van der Waals surface area contributed by atoms with E-state index < -0.39 is 0 Å². The van der Waals surface area contributed by atoms with Crippen LogP contribution in [0.2, 0.25) is 0 Å². The molecule has 0 N–H and O–H groups in total. The zero-order valence-electron chi connectivity index (χ0n) is 23.2. The summed E-state index contributed by atoms with van der Waals surface area (Å²) in [7, 11) is 2.10. The Morgan fingerprint density at radius 2 is 1.17 bits per heavy atom. The predicted octanol–water partition coefficient (Wildman–Crippen LogP) is 8.54. The van der Waals surface area contributed by atoms with E-state index in [1.54, 1.807) is 0 Å². The lowest BCUT2D eigenvalue weighted by Crippen LogP contribution is -2.08. The molecule has 0 radical (unpaired) electrons. The average Bonchev–Trinajstić information content (AvgIpc) is 3.40. The zero-order chi connectivity index (χ0) is 28.0. The SMILES string of the molecule is Cn1c(-c2c3c(c4ccccc4c2-c2nc(-c4ccccc4)nc(-c4ccccc4)n2)C=CCC3)nc2ccccc21. The van der Waals surface area contributed by atoms with Crippen LogP contribution in [0.1, 0.15) is 17.5 Å². The van der Waals surface area contributed by atoms with Crippen molar-refractivity contribution >= 4 is 27.9 Å². The molecule has 42 heavy (non-hydrogen) atoms. The minimum atomic E-state index is 0.650. The Bertz CT molecular complexity index is 2090. The van der Waals surface area contributed by atoms with Crippen molar-refractivity contribution < 1.29 is 0 Å². The number of aryl methyl sites for hydroxylation is 1. The van der Waals surface area contributed by atoms with Gasteiger partial charge in [-0.25, -0.2) is 19.9 Å². The first-order chi connectivity index (χ1) is 20.8. The number of benzene rings is 5. The Kier molecular flexibility index (Phi) is 5.74. The molecule has 0 aliphatic heterocycles. The quantitative estimate of drug-likeness (QED) is 0.224. The van der Waals surface area contributed by atoms with Gasteiger partial charge in [0, 0.05) is 29.3 Å². The first-order valence-corrected chi connectivity index (χ1v) is 14.3. The lowest BCUT2D eigenvalue weighted by molar-refractivity contribution is 0.940. The van der Waals surface area contributed by atoms with Gasteiger partial charge in [-0.05, 0) is 46.9 Å². The molecule has 0 bridgehead atoms. The van der Waals surface area contributed by atoms with E-state index >= 15 is 0 Å². The summed E-state index contributed by atoms with van der Waals surface area (Å²) in [4.78, 5) is 20.6. The van der Waals surface area contributed by atoms with Crippen LogP contribution in [0.3, 0.4) is 0 Å². The summed E-state index contributed by atoms with van der Waals surface area (Å²) in [5, 5.41) is 2.30. The smallest absolute Gasteiger partial charge is 0.165 e. The van der Waals surface area contributed by atoms with Gasteiger partial charge in [0.1, 0.15) is 5.82 Å². The summed E-state index contributed by atoms with van der Waals surface area (Å²) in [6.07, 6.45) is 6.44. The summed E-state index contributed by atoms with van der Waals surface area (Å²) in [5.41, 5.74) is 8.60. The molecular formula is C37H27N5. The molecule has 8 rings (SSSR count). The van der Waals surface area contributed by atoms with Gasteiger partial charge in [0.15, 0.2) is 17.5 Å².